The first-order chi connectivity index (χ1) is 8.70. The molecule has 2 rings (SSSR count). The second kappa shape index (κ2) is 6.34. The average Bonchev–Trinajstić information content (AvgIpc) is 2.92. The van der Waals surface area contributed by atoms with Crippen LogP contribution < -0.4 is 5.32 Å². The lowest BCUT2D eigenvalue weighted by atomic mass is 10.1. The van der Waals surface area contributed by atoms with E-state index in [0.29, 0.717) is 0 Å². The smallest absolute Gasteiger partial charge is 0.0537 e. The Balaban J connectivity index is 1.77. The molecule has 1 aromatic heterocycles. The Hall–Kier alpha value is -0.870. The quantitative estimate of drug-likeness (QED) is 0.778. The Morgan fingerprint density at radius 2 is 2.33 bits per heavy atom. The second-order valence-electron chi connectivity index (χ2n) is 5.47. The normalized spacial score (nSPS) is 20.7. The average molecular weight is 250 g/mol. The minimum absolute atomic E-state index is 0.827. The molecular formula is C14H26N4. The molecule has 1 atom stereocenters. The van der Waals surface area contributed by atoms with Crippen molar-refractivity contribution in [2.24, 2.45) is 13.0 Å². The third-order valence-electron chi connectivity index (χ3n) is 3.96. The van der Waals surface area contributed by atoms with Gasteiger partial charge in [-0.15, -0.1) is 0 Å². The van der Waals surface area contributed by atoms with E-state index in [-0.39, 0.29) is 0 Å². The molecule has 4 heteroatoms. The Bertz CT molecular complexity index is 372. The number of hydrogen-bond donors (Lipinski definition) is 1. The maximum absolute atomic E-state index is 4.32. The van der Waals surface area contributed by atoms with E-state index in [1.807, 2.05) is 17.9 Å². The third kappa shape index (κ3) is 3.33. The van der Waals surface area contributed by atoms with E-state index in [4.69, 9.17) is 0 Å². The maximum Gasteiger partial charge on any atom is 0.0537 e. The first-order valence-electron chi connectivity index (χ1n) is 7.11. The fourth-order valence-electron chi connectivity index (χ4n) is 2.65. The maximum atomic E-state index is 4.32. The summed E-state index contributed by atoms with van der Waals surface area (Å²) in [5.41, 5.74) is 2.67. The van der Waals surface area contributed by atoms with Crippen molar-refractivity contribution < 1.29 is 0 Å². The van der Waals surface area contributed by atoms with Gasteiger partial charge in [0.25, 0.3) is 0 Å². The van der Waals surface area contributed by atoms with E-state index in [2.05, 4.69) is 29.2 Å². The SMILES string of the molecule is CCCNCC1CCN(Cc2cnn(C)c2C)C1. The van der Waals surface area contributed by atoms with Crippen molar-refractivity contribution in [3.8, 4) is 0 Å². The van der Waals surface area contributed by atoms with Gasteiger partial charge in [0.05, 0.1) is 6.20 Å². The van der Waals surface area contributed by atoms with Gasteiger partial charge in [-0.05, 0) is 45.3 Å². The van der Waals surface area contributed by atoms with Gasteiger partial charge in [0.15, 0.2) is 0 Å². The first-order valence-corrected chi connectivity index (χ1v) is 7.11. The lowest BCUT2D eigenvalue weighted by Gasteiger charge is -2.16. The van der Waals surface area contributed by atoms with Gasteiger partial charge in [-0.3, -0.25) is 9.58 Å². The van der Waals surface area contributed by atoms with Crippen LogP contribution in [0.15, 0.2) is 6.20 Å². The molecule has 0 saturated carbocycles. The Kier molecular flexibility index (Phi) is 4.78. The summed E-state index contributed by atoms with van der Waals surface area (Å²) >= 11 is 0. The van der Waals surface area contributed by atoms with Crippen LogP contribution in [0.5, 0.6) is 0 Å². The van der Waals surface area contributed by atoms with Crippen LogP contribution in [0.1, 0.15) is 31.0 Å². The van der Waals surface area contributed by atoms with Crippen LogP contribution in [-0.4, -0.2) is 40.9 Å². The number of aromatic nitrogens is 2. The molecule has 0 amide bonds. The third-order valence-corrected chi connectivity index (χ3v) is 3.96. The van der Waals surface area contributed by atoms with E-state index in [1.54, 1.807) is 0 Å². The highest BCUT2D eigenvalue weighted by molar-refractivity contribution is 5.15. The molecule has 0 bridgehead atoms. The largest absolute Gasteiger partial charge is 0.316 e. The van der Waals surface area contributed by atoms with Crippen molar-refractivity contribution in [1.82, 2.24) is 20.0 Å². The molecule has 1 aromatic rings. The van der Waals surface area contributed by atoms with Crippen molar-refractivity contribution in [3.63, 3.8) is 0 Å². The van der Waals surface area contributed by atoms with E-state index in [9.17, 15) is 0 Å². The molecule has 0 aromatic carbocycles. The van der Waals surface area contributed by atoms with Gasteiger partial charge in [0, 0.05) is 31.4 Å². The van der Waals surface area contributed by atoms with Gasteiger partial charge in [0.2, 0.25) is 0 Å². The summed E-state index contributed by atoms with van der Waals surface area (Å²) in [6.07, 6.45) is 4.57. The molecular weight excluding hydrogens is 224 g/mol. The van der Waals surface area contributed by atoms with Crippen LogP contribution in [0.3, 0.4) is 0 Å². The lowest BCUT2D eigenvalue weighted by molar-refractivity contribution is 0.313. The zero-order valence-electron chi connectivity index (χ0n) is 11.9. The van der Waals surface area contributed by atoms with Crippen LogP contribution in [0, 0.1) is 12.8 Å². The van der Waals surface area contributed by atoms with Gasteiger partial charge in [-0.25, -0.2) is 0 Å². The van der Waals surface area contributed by atoms with Gasteiger partial charge >= 0.3 is 0 Å². The van der Waals surface area contributed by atoms with Crippen LogP contribution in [0.4, 0.5) is 0 Å². The van der Waals surface area contributed by atoms with E-state index < -0.39 is 0 Å². The Morgan fingerprint density at radius 3 is 3.00 bits per heavy atom. The molecule has 1 aliphatic rings. The summed E-state index contributed by atoms with van der Waals surface area (Å²) in [5.74, 6) is 0.827. The van der Waals surface area contributed by atoms with E-state index in [0.717, 1.165) is 19.0 Å². The summed E-state index contributed by atoms with van der Waals surface area (Å²) in [6, 6.07) is 0. The zero-order valence-corrected chi connectivity index (χ0v) is 11.9. The summed E-state index contributed by atoms with van der Waals surface area (Å²) in [5, 5.41) is 7.85. The summed E-state index contributed by atoms with van der Waals surface area (Å²) in [6.45, 7) is 10.2. The van der Waals surface area contributed by atoms with Crippen molar-refractivity contribution >= 4 is 0 Å². The molecule has 1 saturated heterocycles. The summed E-state index contributed by atoms with van der Waals surface area (Å²) in [7, 11) is 2.01. The monoisotopic (exact) mass is 250 g/mol. The van der Waals surface area contributed by atoms with Crippen LogP contribution >= 0.6 is 0 Å². The molecule has 0 spiro atoms. The van der Waals surface area contributed by atoms with Crippen LogP contribution in [-0.2, 0) is 13.6 Å². The standard InChI is InChI=1S/C14H26N4/c1-4-6-15-8-13-5-7-18(10-13)11-14-9-16-17(3)12(14)2/h9,13,15H,4-8,10-11H2,1-3H3. The minimum atomic E-state index is 0.827. The van der Waals surface area contributed by atoms with Gasteiger partial charge in [-0.1, -0.05) is 6.92 Å². The van der Waals surface area contributed by atoms with Gasteiger partial charge in [-0.2, -0.15) is 5.10 Å². The predicted octanol–water partition coefficient (Wildman–Crippen LogP) is 1.55. The number of likely N-dealkylation sites (tertiary alicyclic amines) is 1. The number of nitrogens with zero attached hydrogens (tertiary/aromatic N) is 3. The lowest BCUT2D eigenvalue weighted by Crippen LogP contribution is -2.26. The highest BCUT2D eigenvalue weighted by Crippen LogP contribution is 2.19. The fraction of sp³-hybridized carbons (Fsp3) is 0.786. The zero-order chi connectivity index (χ0) is 13.0. The minimum Gasteiger partial charge on any atom is -0.316 e. The van der Waals surface area contributed by atoms with Crippen LogP contribution in [0.2, 0.25) is 0 Å². The molecule has 2 heterocycles. The molecule has 1 N–H and O–H groups in total. The van der Waals surface area contributed by atoms with Crippen molar-refractivity contribution in [2.45, 2.75) is 33.2 Å². The van der Waals surface area contributed by atoms with Crippen LogP contribution in [0.25, 0.3) is 0 Å². The number of hydrogen-bond acceptors (Lipinski definition) is 3. The molecule has 102 valence electrons. The fourth-order valence-corrected chi connectivity index (χ4v) is 2.65. The predicted molar refractivity (Wildman–Crippen MR) is 74.5 cm³/mol. The van der Waals surface area contributed by atoms with Gasteiger partial charge < -0.3 is 5.32 Å². The number of aryl methyl sites for hydroxylation is 1. The highest BCUT2D eigenvalue weighted by atomic mass is 15.3. The Labute approximate surface area is 110 Å². The topological polar surface area (TPSA) is 33.1 Å². The van der Waals surface area contributed by atoms with Crippen molar-refractivity contribution in [3.05, 3.63) is 17.5 Å². The van der Waals surface area contributed by atoms with Crippen molar-refractivity contribution in [2.75, 3.05) is 26.2 Å². The summed E-state index contributed by atoms with van der Waals surface area (Å²) < 4.78 is 1.96. The van der Waals surface area contributed by atoms with E-state index >= 15 is 0 Å². The van der Waals surface area contributed by atoms with E-state index in [1.165, 1.54) is 43.7 Å². The summed E-state index contributed by atoms with van der Waals surface area (Å²) in [4.78, 5) is 2.56. The highest BCUT2D eigenvalue weighted by Gasteiger charge is 2.22. The molecule has 1 aliphatic heterocycles. The molecule has 1 fully saturated rings. The molecule has 4 nitrogen and oxygen atoms in total. The first kappa shape index (κ1) is 13.6. The molecule has 18 heavy (non-hydrogen) atoms. The Morgan fingerprint density at radius 1 is 1.50 bits per heavy atom. The number of nitrogens with one attached hydrogen (secondary N) is 1. The van der Waals surface area contributed by atoms with Gasteiger partial charge in [0.1, 0.15) is 0 Å². The van der Waals surface area contributed by atoms with Crippen molar-refractivity contribution in [1.29, 1.82) is 0 Å². The second-order valence-corrected chi connectivity index (χ2v) is 5.47. The molecule has 1 unspecified atom stereocenters. The molecule has 0 aliphatic carbocycles. The number of rotatable bonds is 6. The molecule has 0 radical (unpaired) electrons.